The van der Waals surface area contributed by atoms with Gasteiger partial charge in [-0.2, -0.15) is 26.3 Å². The molecule has 9 heteroatoms. The molecule has 1 fully saturated rings. The van der Waals surface area contributed by atoms with Gasteiger partial charge in [0.1, 0.15) is 6.73 Å². The van der Waals surface area contributed by atoms with Crippen LogP contribution >= 0.6 is 22.6 Å². The Balaban J connectivity index is 2.35. The number of nitrogens with zero attached hydrogens (tertiary/aromatic N) is 1. The number of hydrogen-bond donors (Lipinski definition) is 0. The minimum Gasteiger partial charge on any atom is -0.364 e. The molecule has 0 unspecified atom stereocenters. The van der Waals surface area contributed by atoms with Crippen molar-refractivity contribution in [3.8, 4) is 0 Å². The second-order valence-corrected chi connectivity index (χ2v) is 8.01. The van der Waals surface area contributed by atoms with Gasteiger partial charge in [-0.25, -0.2) is 0 Å². The molecule has 2 nitrogen and oxygen atoms in total. The summed E-state index contributed by atoms with van der Waals surface area (Å²) in [7, 11) is 1.41. The predicted octanol–water partition coefficient (Wildman–Crippen LogP) is 7.26. The van der Waals surface area contributed by atoms with E-state index in [2.05, 4.69) is 0 Å². The fourth-order valence-corrected chi connectivity index (χ4v) is 4.82. The summed E-state index contributed by atoms with van der Waals surface area (Å²) in [6.45, 7) is -0.0282. The van der Waals surface area contributed by atoms with E-state index >= 15 is 0 Å². The van der Waals surface area contributed by atoms with Gasteiger partial charge in [-0.05, 0) is 53.5 Å². The smallest absolute Gasteiger partial charge is 0.364 e. The SMILES string of the molecule is COCn1c(C2CCCC2)c(/C(I)=C\C(F)(F)F)c2ccc(C(F)(F)F)cc21. The summed E-state index contributed by atoms with van der Waals surface area (Å²) < 4.78 is 85.5. The van der Waals surface area contributed by atoms with Crippen LogP contribution in [0.15, 0.2) is 24.3 Å². The number of rotatable bonds is 4. The lowest BCUT2D eigenvalue weighted by molar-refractivity contribution is -0.137. The van der Waals surface area contributed by atoms with Gasteiger partial charge in [0.25, 0.3) is 0 Å². The standard InChI is InChI=1S/C19H18F6INO/c1-28-10-27-15-8-12(19(23,24)25)6-7-13(15)16(14(26)9-18(20,21)22)17(27)11-4-2-3-5-11/h6-9,11H,2-5,10H2,1H3/b14-9+. The second kappa shape index (κ2) is 7.89. The Kier molecular flexibility index (Phi) is 6.05. The van der Waals surface area contributed by atoms with Crippen molar-refractivity contribution >= 4 is 37.1 Å². The van der Waals surface area contributed by atoms with Gasteiger partial charge in [-0.15, -0.1) is 0 Å². The van der Waals surface area contributed by atoms with Crippen LogP contribution in [0.5, 0.6) is 0 Å². The fraction of sp³-hybridized carbons (Fsp3) is 0.474. The number of methoxy groups -OCH3 is 1. The molecule has 1 aromatic heterocycles. The van der Waals surface area contributed by atoms with E-state index in [1.807, 2.05) is 0 Å². The van der Waals surface area contributed by atoms with Gasteiger partial charge in [-0.3, -0.25) is 0 Å². The summed E-state index contributed by atoms with van der Waals surface area (Å²) in [4.78, 5) is 0. The summed E-state index contributed by atoms with van der Waals surface area (Å²) in [6, 6.07) is 3.17. The molecule has 28 heavy (non-hydrogen) atoms. The highest BCUT2D eigenvalue weighted by Crippen LogP contribution is 2.46. The Morgan fingerprint density at radius 1 is 1.18 bits per heavy atom. The molecular formula is C19H18F6INO. The first-order valence-electron chi connectivity index (χ1n) is 8.70. The molecule has 1 aromatic carbocycles. The van der Waals surface area contributed by atoms with Gasteiger partial charge in [0.05, 0.1) is 11.1 Å². The van der Waals surface area contributed by atoms with E-state index in [1.165, 1.54) is 13.2 Å². The van der Waals surface area contributed by atoms with Crippen LogP contribution in [0.2, 0.25) is 0 Å². The molecule has 0 atom stereocenters. The van der Waals surface area contributed by atoms with Crippen LogP contribution in [0.4, 0.5) is 26.3 Å². The van der Waals surface area contributed by atoms with E-state index in [0.717, 1.165) is 37.8 Å². The summed E-state index contributed by atoms with van der Waals surface area (Å²) in [6.07, 6.45) is -5.41. The quantitative estimate of drug-likeness (QED) is 0.308. The molecule has 0 spiro atoms. The van der Waals surface area contributed by atoms with Crippen molar-refractivity contribution in [3.63, 3.8) is 0 Å². The normalized spacial score (nSPS) is 17.1. The van der Waals surface area contributed by atoms with Crippen molar-refractivity contribution < 1.29 is 31.1 Å². The van der Waals surface area contributed by atoms with Crippen LogP contribution in [-0.4, -0.2) is 17.9 Å². The van der Waals surface area contributed by atoms with Gasteiger partial charge in [0.15, 0.2) is 0 Å². The number of hydrogen-bond acceptors (Lipinski definition) is 1. The fourth-order valence-electron chi connectivity index (χ4n) is 3.90. The van der Waals surface area contributed by atoms with E-state index in [9.17, 15) is 26.3 Å². The lowest BCUT2D eigenvalue weighted by Gasteiger charge is -2.17. The maximum absolute atomic E-state index is 13.2. The number of fused-ring (bicyclic) bond motifs is 1. The van der Waals surface area contributed by atoms with Gasteiger partial charge >= 0.3 is 12.4 Å². The maximum atomic E-state index is 13.2. The first-order chi connectivity index (χ1) is 13.0. The van der Waals surface area contributed by atoms with Crippen molar-refractivity contribution in [2.45, 2.75) is 50.7 Å². The molecule has 1 heterocycles. The summed E-state index contributed by atoms with van der Waals surface area (Å²) in [5.74, 6) is -0.0155. The van der Waals surface area contributed by atoms with E-state index in [4.69, 9.17) is 4.74 Å². The zero-order chi connectivity index (χ0) is 20.7. The monoisotopic (exact) mass is 517 g/mol. The molecule has 0 radical (unpaired) electrons. The molecule has 0 amide bonds. The largest absolute Gasteiger partial charge is 0.416 e. The Bertz CT molecular complexity index is 890. The molecular weight excluding hydrogens is 499 g/mol. The Labute approximate surface area is 171 Å². The highest BCUT2D eigenvalue weighted by Gasteiger charge is 2.34. The second-order valence-electron chi connectivity index (χ2n) is 6.85. The van der Waals surface area contributed by atoms with Crippen LogP contribution in [-0.2, 0) is 17.6 Å². The molecule has 1 aliphatic carbocycles. The topological polar surface area (TPSA) is 14.2 Å². The van der Waals surface area contributed by atoms with E-state index in [1.54, 1.807) is 27.2 Å². The third kappa shape index (κ3) is 4.34. The van der Waals surface area contributed by atoms with E-state index < -0.39 is 17.9 Å². The molecule has 1 saturated carbocycles. The number of alkyl halides is 6. The first kappa shape index (κ1) is 21.5. The number of ether oxygens (including phenoxy) is 1. The number of aromatic nitrogens is 1. The Hall–Kier alpha value is -1.23. The molecule has 0 N–H and O–H groups in total. The highest BCUT2D eigenvalue weighted by molar-refractivity contribution is 14.1. The highest BCUT2D eigenvalue weighted by atomic mass is 127. The van der Waals surface area contributed by atoms with Crippen LogP contribution in [0, 0.1) is 0 Å². The number of benzene rings is 1. The molecule has 0 bridgehead atoms. The maximum Gasteiger partial charge on any atom is 0.416 e. The van der Waals surface area contributed by atoms with E-state index in [0.29, 0.717) is 16.6 Å². The average Bonchev–Trinajstić information content (AvgIpc) is 3.18. The Morgan fingerprint density at radius 3 is 2.36 bits per heavy atom. The zero-order valence-electron chi connectivity index (χ0n) is 14.9. The van der Waals surface area contributed by atoms with Gasteiger partial charge < -0.3 is 9.30 Å². The Morgan fingerprint density at radius 2 is 1.82 bits per heavy atom. The minimum absolute atomic E-state index is 0.0155. The minimum atomic E-state index is -4.54. The lowest BCUT2D eigenvalue weighted by Crippen LogP contribution is -2.10. The van der Waals surface area contributed by atoms with Crippen LogP contribution in [0.3, 0.4) is 0 Å². The molecule has 1 aliphatic rings. The van der Waals surface area contributed by atoms with Crippen LogP contribution in [0.25, 0.3) is 14.5 Å². The van der Waals surface area contributed by atoms with Crippen molar-refractivity contribution in [3.05, 3.63) is 41.1 Å². The van der Waals surface area contributed by atoms with Crippen LogP contribution < -0.4 is 0 Å². The number of halogens is 7. The van der Waals surface area contributed by atoms with Crippen molar-refractivity contribution in [2.24, 2.45) is 0 Å². The van der Waals surface area contributed by atoms with Crippen molar-refractivity contribution in [2.75, 3.05) is 7.11 Å². The molecule has 0 aliphatic heterocycles. The van der Waals surface area contributed by atoms with E-state index in [-0.39, 0.29) is 27.8 Å². The third-order valence-electron chi connectivity index (χ3n) is 4.96. The predicted molar refractivity (Wildman–Crippen MR) is 103 cm³/mol. The summed E-state index contributed by atoms with van der Waals surface area (Å²) in [5.41, 5.74) is 0.372. The summed E-state index contributed by atoms with van der Waals surface area (Å²) in [5, 5.41) is 0.372. The number of allylic oxidation sites excluding steroid dienone is 1. The van der Waals surface area contributed by atoms with Crippen LogP contribution in [0.1, 0.15) is 48.4 Å². The molecule has 0 saturated heterocycles. The molecule has 2 aromatic rings. The van der Waals surface area contributed by atoms with Gasteiger partial charge in [0.2, 0.25) is 0 Å². The summed E-state index contributed by atoms with van der Waals surface area (Å²) >= 11 is 1.62. The average molecular weight is 517 g/mol. The van der Waals surface area contributed by atoms with Crippen molar-refractivity contribution in [1.29, 1.82) is 0 Å². The molecule has 3 rings (SSSR count). The molecule has 154 valence electrons. The van der Waals surface area contributed by atoms with Gasteiger partial charge in [0, 0.05) is 33.4 Å². The third-order valence-corrected chi connectivity index (χ3v) is 5.81. The van der Waals surface area contributed by atoms with Gasteiger partial charge in [-0.1, -0.05) is 18.9 Å². The zero-order valence-corrected chi connectivity index (χ0v) is 17.1. The first-order valence-corrected chi connectivity index (χ1v) is 9.78. The lowest BCUT2D eigenvalue weighted by atomic mass is 9.98. The van der Waals surface area contributed by atoms with Crippen molar-refractivity contribution in [1.82, 2.24) is 4.57 Å².